The van der Waals surface area contributed by atoms with Gasteiger partial charge in [0.25, 0.3) is 5.91 Å². The summed E-state index contributed by atoms with van der Waals surface area (Å²) in [6, 6.07) is 15.6. The molecule has 1 aromatic heterocycles. The van der Waals surface area contributed by atoms with E-state index < -0.39 is 5.82 Å². The molecule has 4 rings (SSSR count). The average molecular weight is 482 g/mol. The van der Waals surface area contributed by atoms with Crippen LogP contribution in [0.3, 0.4) is 0 Å². The van der Waals surface area contributed by atoms with Gasteiger partial charge in [0.05, 0.1) is 0 Å². The number of amides is 2. The highest BCUT2D eigenvalue weighted by Gasteiger charge is 2.30. The lowest BCUT2D eigenvalue weighted by Gasteiger charge is -2.40. The number of carbonyl (C=O) groups is 2. The maximum atomic E-state index is 13.5. The van der Waals surface area contributed by atoms with Crippen LogP contribution in [0.25, 0.3) is 5.69 Å². The van der Waals surface area contributed by atoms with Crippen LogP contribution in [0.15, 0.2) is 59.8 Å². The van der Waals surface area contributed by atoms with E-state index in [-0.39, 0.29) is 17.9 Å². The average Bonchev–Trinajstić information content (AvgIpc) is 3.21. The van der Waals surface area contributed by atoms with Crippen molar-refractivity contribution in [2.45, 2.75) is 37.9 Å². The Labute approximate surface area is 203 Å². The molecule has 0 spiro atoms. The molecule has 7 nitrogen and oxygen atoms in total. The van der Waals surface area contributed by atoms with Crippen molar-refractivity contribution >= 4 is 23.6 Å². The van der Waals surface area contributed by atoms with Crippen molar-refractivity contribution in [2.75, 3.05) is 25.4 Å². The Bertz CT molecular complexity index is 1150. The summed E-state index contributed by atoms with van der Waals surface area (Å²) in [5.41, 5.74) is 1.35. The highest BCUT2D eigenvalue weighted by atomic mass is 32.2. The number of thioether (sulfide) groups is 1. The fourth-order valence-corrected chi connectivity index (χ4v) is 5.07. The first-order valence-electron chi connectivity index (χ1n) is 11.4. The molecule has 0 N–H and O–H groups in total. The number of aromatic nitrogens is 3. The number of carbonyl (C=O) groups excluding carboxylic acids is 2. The monoisotopic (exact) mass is 481 g/mol. The van der Waals surface area contributed by atoms with E-state index in [2.05, 4.69) is 10.2 Å². The zero-order valence-electron chi connectivity index (χ0n) is 19.4. The van der Waals surface area contributed by atoms with Crippen LogP contribution in [-0.4, -0.2) is 67.8 Å². The van der Waals surface area contributed by atoms with E-state index in [0.717, 1.165) is 28.8 Å². The molecule has 3 aromatic rings. The molecule has 2 heterocycles. The fraction of sp³-hybridized carbons (Fsp3) is 0.360. The molecule has 1 aliphatic rings. The van der Waals surface area contributed by atoms with Gasteiger partial charge < -0.3 is 9.80 Å². The number of aryl methyl sites for hydroxylation is 1. The Morgan fingerprint density at radius 3 is 2.62 bits per heavy atom. The van der Waals surface area contributed by atoms with Gasteiger partial charge in [0.1, 0.15) is 11.6 Å². The molecule has 2 amide bonds. The molecule has 1 aliphatic heterocycles. The van der Waals surface area contributed by atoms with Gasteiger partial charge in [-0.05, 0) is 50.6 Å². The van der Waals surface area contributed by atoms with Crippen LogP contribution in [0.2, 0.25) is 0 Å². The standard InChI is InChI=1S/C25H28FN5O2S/c1-18-17-29(13-14-30(18)24(33)20-8-6-9-21(26)16-20)23(32)12-7-15-34-25-28-27-19(2)31(25)22-10-4-3-5-11-22/h3-6,8-11,16,18H,7,12-15,17H2,1-2H3. The zero-order chi connectivity index (χ0) is 24.1. The molecule has 1 fully saturated rings. The number of hydrogen-bond acceptors (Lipinski definition) is 5. The molecule has 9 heteroatoms. The predicted octanol–water partition coefficient (Wildman–Crippen LogP) is 3.96. The predicted molar refractivity (Wildman–Crippen MR) is 130 cm³/mol. The van der Waals surface area contributed by atoms with Crippen LogP contribution in [0.1, 0.15) is 35.9 Å². The topological polar surface area (TPSA) is 71.3 Å². The molecule has 0 bridgehead atoms. The van der Waals surface area contributed by atoms with E-state index in [9.17, 15) is 14.0 Å². The second kappa shape index (κ2) is 10.8. The number of hydrogen-bond donors (Lipinski definition) is 0. The van der Waals surface area contributed by atoms with E-state index in [1.807, 2.05) is 53.6 Å². The van der Waals surface area contributed by atoms with Gasteiger partial charge in [0.2, 0.25) is 5.91 Å². The van der Waals surface area contributed by atoms with Crippen LogP contribution in [0.4, 0.5) is 4.39 Å². The maximum absolute atomic E-state index is 13.5. The van der Waals surface area contributed by atoms with E-state index >= 15 is 0 Å². The van der Waals surface area contributed by atoms with Crippen molar-refractivity contribution in [2.24, 2.45) is 0 Å². The first-order chi connectivity index (χ1) is 16.4. The third kappa shape index (κ3) is 5.47. The highest BCUT2D eigenvalue weighted by molar-refractivity contribution is 7.99. The van der Waals surface area contributed by atoms with Gasteiger partial charge in [0, 0.05) is 49.1 Å². The molecule has 178 valence electrons. The van der Waals surface area contributed by atoms with Crippen molar-refractivity contribution in [3.8, 4) is 5.69 Å². The first-order valence-corrected chi connectivity index (χ1v) is 12.4. The molecule has 1 unspecified atom stereocenters. The molecule has 0 saturated carbocycles. The Hall–Kier alpha value is -3.20. The Kier molecular flexibility index (Phi) is 7.62. The van der Waals surface area contributed by atoms with Gasteiger partial charge in [-0.2, -0.15) is 0 Å². The largest absolute Gasteiger partial charge is 0.339 e. The van der Waals surface area contributed by atoms with Gasteiger partial charge in [0.15, 0.2) is 5.16 Å². The number of para-hydroxylation sites is 1. The SMILES string of the molecule is Cc1nnc(SCCCC(=O)N2CCN(C(=O)c3cccc(F)c3)C(C)C2)n1-c1ccccc1. The number of rotatable bonds is 7. The second-order valence-electron chi connectivity index (χ2n) is 8.35. The molecular formula is C25H28FN5O2S. The summed E-state index contributed by atoms with van der Waals surface area (Å²) in [5, 5.41) is 9.30. The summed E-state index contributed by atoms with van der Waals surface area (Å²) in [4.78, 5) is 29.1. The van der Waals surface area contributed by atoms with Crippen molar-refractivity contribution in [1.29, 1.82) is 0 Å². The normalized spacial score (nSPS) is 16.0. The first kappa shape index (κ1) is 23.9. The van der Waals surface area contributed by atoms with E-state index in [1.54, 1.807) is 22.7 Å². The molecular weight excluding hydrogens is 453 g/mol. The molecule has 0 aliphatic carbocycles. The van der Waals surface area contributed by atoms with Gasteiger partial charge in [-0.15, -0.1) is 10.2 Å². The summed E-state index contributed by atoms with van der Waals surface area (Å²) >= 11 is 1.59. The Morgan fingerprint density at radius 1 is 1.09 bits per heavy atom. The minimum absolute atomic E-state index is 0.0889. The van der Waals surface area contributed by atoms with Crippen molar-refractivity contribution in [1.82, 2.24) is 24.6 Å². The quantitative estimate of drug-likeness (QED) is 0.377. The molecule has 1 atom stereocenters. The second-order valence-corrected chi connectivity index (χ2v) is 9.41. The number of benzene rings is 2. The minimum atomic E-state index is -0.428. The van der Waals surface area contributed by atoms with Crippen LogP contribution in [0.5, 0.6) is 0 Å². The van der Waals surface area contributed by atoms with Gasteiger partial charge >= 0.3 is 0 Å². The van der Waals surface area contributed by atoms with Crippen molar-refractivity contribution in [3.05, 3.63) is 71.8 Å². The van der Waals surface area contributed by atoms with E-state index in [1.165, 1.54) is 18.2 Å². The number of piperazine rings is 1. The zero-order valence-corrected chi connectivity index (χ0v) is 20.2. The Balaban J connectivity index is 1.26. The van der Waals surface area contributed by atoms with E-state index in [0.29, 0.717) is 31.6 Å². The van der Waals surface area contributed by atoms with E-state index in [4.69, 9.17) is 0 Å². The third-order valence-corrected chi connectivity index (χ3v) is 6.90. The van der Waals surface area contributed by atoms with Gasteiger partial charge in [-0.3, -0.25) is 14.2 Å². The van der Waals surface area contributed by atoms with Crippen LogP contribution in [0, 0.1) is 12.7 Å². The molecule has 2 aromatic carbocycles. The molecule has 1 saturated heterocycles. The summed E-state index contributed by atoms with van der Waals surface area (Å²) < 4.78 is 15.5. The fourth-order valence-electron chi connectivity index (χ4n) is 4.13. The highest BCUT2D eigenvalue weighted by Crippen LogP contribution is 2.23. The summed E-state index contributed by atoms with van der Waals surface area (Å²) in [7, 11) is 0. The number of nitrogens with zero attached hydrogens (tertiary/aromatic N) is 5. The van der Waals surface area contributed by atoms with Gasteiger partial charge in [-0.25, -0.2) is 4.39 Å². The lowest BCUT2D eigenvalue weighted by Crippen LogP contribution is -2.55. The molecule has 0 radical (unpaired) electrons. The van der Waals surface area contributed by atoms with Crippen molar-refractivity contribution in [3.63, 3.8) is 0 Å². The summed E-state index contributed by atoms with van der Waals surface area (Å²) in [6.07, 6.45) is 1.16. The maximum Gasteiger partial charge on any atom is 0.254 e. The summed E-state index contributed by atoms with van der Waals surface area (Å²) in [6.45, 7) is 5.25. The minimum Gasteiger partial charge on any atom is -0.339 e. The van der Waals surface area contributed by atoms with Crippen molar-refractivity contribution < 1.29 is 14.0 Å². The third-order valence-electron chi connectivity index (χ3n) is 5.89. The number of halogens is 1. The van der Waals surface area contributed by atoms with Gasteiger partial charge in [-0.1, -0.05) is 36.0 Å². The van der Waals surface area contributed by atoms with Crippen LogP contribution >= 0.6 is 11.8 Å². The Morgan fingerprint density at radius 2 is 1.88 bits per heavy atom. The van der Waals surface area contributed by atoms with Crippen LogP contribution in [-0.2, 0) is 4.79 Å². The lowest BCUT2D eigenvalue weighted by molar-refractivity contribution is -0.133. The lowest BCUT2D eigenvalue weighted by atomic mass is 10.1. The smallest absolute Gasteiger partial charge is 0.254 e. The van der Waals surface area contributed by atoms with Crippen LogP contribution < -0.4 is 0 Å². The summed E-state index contributed by atoms with van der Waals surface area (Å²) in [5.74, 6) is 1.04. The molecule has 34 heavy (non-hydrogen) atoms.